The Bertz CT molecular complexity index is 1170. The summed E-state index contributed by atoms with van der Waals surface area (Å²) in [5.41, 5.74) is 10.1. The van der Waals surface area contributed by atoms with Crippen molar-refractivity contribution >= 4 is 28.2 Å². The zero-order valence-corrected chi connectivity index (χ0v) is 18.3. The molecule has 0 radical (unpaired) electrons. The van der Waals surface area contributed by atoms with Gasteiger partial charge >= 0.3 is 0 Å². The number of alkyl halides is 1. The molecule has 32 heavy (non-hydrogen) atoms. The number of benzene rings is 1. The highest BCUT2D eigenvalue weighted by molar-refractivity contribution is 6.00. The molecule has 7 nitrogen and oxygen atoms in total. The number of carbonyl (C=O) groups is 1. The highest BCUT2D eigenvalue weighted by atomic mass is 19.1. The van der Waals surface area contributed by atoms with Crippen LogP contribution in [0.2, 0.25) is 0 Å². The van der Waals surface area contributed by atoms with Crippen molar-refractivity contribution in [3.8, 4) is 11.1 Å². The fourth-order valence-electron chi connectivity index (χ4n) is 4.48. The summed E-state index contributed by atoms with van der Waals surface area (Å²) in [6.45, 7) is 5.06. The highest BCUT2D eigenvalue weighted by Gasteiger charge is 2.43. The number of halogens is 1. The quantitative estimate of drug-likeness (QED) is 0.559. The molecule has 0 unspecified atom stereocenters. The summed E-state index contributed by atoms with van der Waals surface area (Å²) in [4.78, 5) is 16.4. The van der Waals surface area contributed by atoms with Crippen LogP contribution in [0.5, 0.6) is 0 Å². The van der Waals surface area contributed by atoms with E-state index in [1.54, 1.807) is 12.3 Å². The summed E-state index contributed by atoms with van der Waals surface area (Å²) >= 11 is 0. The van der Waals surface area contributed by atoms with Crippen LogP contribution in [-0.4, -0.2) is 33.5 Å². The van der Waals surface area contributed by atoms with Gasteiger partial charge in [-0.05, 0) is 60.7 Å². The number of amides is 1. The maximum absolute atomic E-state index is 13.2. The standard InChI is InChI=1S/C24H28FN5O2/c1-13(2)23-18(12-28-30(23)22-5-3-4-6-32-22)14-7-15-9-21(27-11-17(15)20(26)8-14)29-24(31)16-10-19(16)25/h7-9,11-13,16,19,22H,3-6,10,26H2,1-2H3,(H,27,29,31)/t16-,19+,22-/m1/s1. The minimum atomic E-state index is -1.04. The molecule has 168 valence electrons. The molecule has 0 spiro atoms. The Balaban J connectivity index is 1.52. The van der Waals surface area contributed by atoms with Gasteiger partial charge in [0.2, 0.25) is 5.91 Å². The van der Waals surface area contributed by atoms with Crippen molar-refractivity contribution in [3.05, 3.63) is 36.3 Å². The van der Waals surface area contributed by atoms with Gasteiger partial charge in [-0.25, -0.2) is 14.1 Å². The molecule has 1 saturated carbocycles. The number of hydrogen-bond acceptors (Lipinski definition) is 5. The lowest BCUT2D eigenvalue weighted by Crippen LogP contribution is -2.21. The number of carbonyl (C=O) groups excluding carboxylic acids is 1. The Morgan fingerprint density at radius 2 is 2.09 bits per heavy atom. The fourth-order valence-corrected chi connectivity index (χ4v) is 4.48. The van der Waals surface area contributed by atoms with Crippen molar-refractivity contribution in [3.63, 3.8) is 0 Å². The number of nitrogen functional groups attached to an aromatic ring is 1. The number of ether oxygens (including phenoxy) is 1. The average Bonchev–Trinajstić information content (AvgIpc) is 3.34. The Kier molecular flexibility index (Phi) is 5.33. The van der Waals surface area contributed by atoms with Crippen LogP contribution >= 0.6 is 0 Å². The van der Waals surface area contributed by atoms with E-state index >= 15 is 0 Å². The highest BCUT2D eigenvalue weighted by Crippen LogP contribution is 2.37. The van der Waals surface area contributed by atoms with Gasteiger partial charge in [0, 0.05) is 29.4 Å². The maximum atomic E-state index is 13.2. The Labute approximate surface area is 186 Å². The van der Waals surface area contributed by atoms with E-state index in [9.17, 15) is 9.18 Å². The van der Waals surface area contributed by atoms with E-state index in [-0.39, 0.29) is 24.5 Å². The van der Waals surface area contributed by atoms with Gasteiger partial charge in [0.25, 0.3) is 0 Å². The van der Waals surface area contributed by atoms with Crippen LogP contribution in [0.3, 0.4) is 0 Å². The van der Waals surface area contributed by atoms with Crippen LogP contribution in [0.1, 0.15) is 57.4 Å². The van der Waals surface area contributed by atoms with Gasteiger partial charge in [0.05, 0.1) is 17.8 Å². The van der Waals surface area contributed by atoms with Gasteiger partial charge in [-0.1, -0.05) is 13.8 Å². The molecule has 1 saturated heterocycles. The summed E-state index contributed by atoms with van der Waals surface area (Å²) in [7, 11) is 0. The summed E-state index contributed by atoms with van der Waals surface area (Å²) in [6, 6.07) is 5.76. The second-order valence-electron chi connectivity index (χ2n) is 9.07. The number of nitrogens with zero attached hydrogens (tertiary/aromatic N) is 3. The lowest BCUT2D eigenvalue weighted by molar-refractivity contribution is -0.117. The van der Waals surface area contributed by atoms with E-state index in [0.29, 0.717) is 11.5 Å². The molecule has 0 bridgehead atoms. The second-order valence-corrected chi connectivity index (χ2v) is 9.07. The van der Waals surface area contributed by atoms with E-state index in [2.05, 4.69) is 29.2 Å². The van der Waals surface area contributed by atoms with Gasteiger partial charge in [-0.3, -0.25) is 4.79 Å². The monoisotopic (exact) mass is 437 g/mol. The van der Waals surface area contributed by atoms with Crippen LogP contribution < -0.4 is 11.1 Å². The first-order chi connectivity index (χ1) is 15.4. The van der Waals surface area contributed by atoms with Gasteiger partial charge in [0.1, 0.15) is 18.2 Å². The van der Waals surface area contributed by atoms with Gasteiger partial charge in [0.15, 0.2) is 0 Å². The molecule has 1 aromatic carbocycles. The molecule has 3 N–H and O–H groups in total. The average molecular weight is 438 g/mol. The molecule has 1 aliphatic heterocycles. The normalized spacial score (nSPS) is 22.9. The van der Waals surface area contributed by atoms with Gasteiger partial charge in [-0.2, -0.15) is 5.10 Å². The number of fused-ring (bicyclic) bond motifs is 1. The molecule has 1 aliphatic carbocycles. The minimum absolute atomic E-state index is 0.0412. The molecule has 3 aromatic rings. The first kappa shape index (κ1) is 20.9. The maximum Gasteiger partial charge on any atom is 0.231 e. The third kappa shape index (κ3) is 3.83. The summed E-state index contributed by atoms with van der Waals surface area (Å²) in [5, 5.41) is 9.06. The van der Waals surface area contributed by atoms with Crippen molar-refractivity contribution in [1.82, 2.24) is 14.8 Å². The van der Waals surface area contributed by atoms with Crippen LogP contribution in [-0.2, 0) is 9.53 Å². The minimum Gasteiger partial charge on any atom is -0.398 e. The number of rotatable bonds is 5. The molecule has 3 heterocycles. The molecule has 5 rings (SSSR count). The predicted octanol–water partition coefficient (Wildman–Crippen LogP) is 4.80. The Hall–Kier alpha value is -3.00. The molecule has 1 amide bonds. The second kappa shape index (κ2) is 8.16. The largest absolute Gasteiger partial charge is 0.398 e. The summed E-state index contributed by atoms with van der Waals surface area (Å²) in [6.07, 6.45) is 5.89. The van der Waals surface area contributed by atoms with Crippen LogP contribution in [0.15, 0.2) is 30.6 Å². The molecule has 2 aromatic heterocycles. The first-order valence-corrected chi connectivity index (χ1v) is 11.3. The number of nitrogens with two attached hydrogens (primary N) is 1. The molecule has 3 atom stereocenters. The molecule has 8 heteroatoms. The van der Waals surface area contributed by atoms with Crippen LogP contribution in [0, 0.1) is 5.92 Å². The van der Waals surface area contributed by atoms with E-state index in [1.807, 2.05) is 23.0 Å². The van der Waals surface area contributed by atoms with Crippen molar-refractivity contribution < 1.29 is 13.9 Å². The molecule has 2 aliphatic rings. The zero-order valence-electron chi connectivity index (χ0n) is 18.3. The topological polar surface area (TPSA) is 95.1 Å². The SMILES string of the molecule is CC(C)c1c(-c2cc(N)c3cnc(NC(=O)[C@@H]4C[C@@H]4F)cc3c2)cnn1[C@H]1CCCCO1. The fraction of sp³-hybridized carbons (Fsp3) is 0.458. The number of pyridine rings is 1. The van der Waals surface area contributed by atoms with Crippen molar-refractivity contribution in [2.75, 3.05) is 17.7 Å². The lowest BCUT2D eigenvalue weighted by Gasteiger charge is -2.26. The van der Waals surface area contributed by atoms with E-state index in [1.165, 1.54) is 0 Å². The third-order valence-electron chi connectivity index (χ3n) is 6.29. The number of hydrogen-bond donors (Lipinski definition) is 2. The zero-order chi connectivity index (χ0) is 22.4. The van der Waals surface area contributed by atoms with E-state index < -0.39 is 12.1 Å². The number of aromatic nitrogens is 3. The van der Waals surface area contributed by atoms with Crippen molar-refractivity contribution in [2.24, 2.45) is 5.92 Å². The van der Waals surface area contributed by atoms with Crippen LogP contribution in [0.25, 0.3) is 21.9 Å². The smallest absolute Gasteiger partial charge is 0.231 e. The molecule has 2 fully saturated rings. The Morgan fingerprint density at radius 3 is 2.78 bits per heavy atom. The first-order valence-electron chi connectivity index (χ1n) is 11.3. The van der Waals surface area contributed by atoms with Crippen molar-refractivity contribution in [1.29, 1.82) is 0 Å². The number of anilines is 2. The lowest BCUT2D eigenvalue weighted by atomic mass is 9.97. The third-order valence-corrected chi connectivity index (χ3v) is 6.29. The molecular weight excluding hydrogens is 409 g/mol. The molecular formula is C24H28FN5O2. The van der Waals surface area contributed by atoms with Gasteiger partial charge in [-0.15, -0.1) is 0 Å². The number of nitrogens with one attached hydrogen (secondary N) is 1. The van der Waals surface area contributed by atoms with Crippen LogP contribution in [0.4, 0.5) is 15.9 Å². The van der Waals surface area contributed by atoms with Crippen molar-refractivity contribution in [2.45, 2.75) is 57.8 Å². The van der Waals surface area contributed by atoms with E-state index in [4.69, 9.17) is 10.5 Å². The summed E-state index contributed by atoms with van der Waals surface area (Å²) < 4.78 is 21.2. The summed E-state index contributed by atoms with van der Waals surface area (Å²) in [5.74, 6) is -0.252. The van der Waals surface area contributed by atoms with E-state index in [0.717, 1.165) is 53.5 Å². The van der Waals surface area contributed by atoms with Gasteiger partial charge < -0.3 is 15.8 Å². The Morgan fingerprint density at radius 1 is 1.28 bits per heavy atom. The predicted molar refractivity (Wildman–Crippen MR) is 122 cm³/mol.